The molecule has 1 aromatic heterocycles. The molecule has 1 N–H and O–H groups in total. The lowest BCUT2D eigenvalue weighted by molar-refractivity contribution is 0.274. The molecule has 0 aliphatic rings. The van der Waals surface area contributed by atoms with Gasteiger partial charge in [-0.2, -0.15) is 12.8 Å². The van der Waals surface area contributed by atoms with Crippen LogP contribution in [0.15, 0.2) is 40.8 Å². The van der Waals surface area contributed by atoms with E-state index in [2.05, 4.69) is 23.8 Å². The van der Waals surface area contributed by atoms with Gasteiger partial charge in [0.25, 0.3) is 0 Å². The Bertz CT molecular complexity index is 731. The van der Waals surface area contributed by atoms with E-state index in [-0.39, 0.29) is 6.61 Å². The first kappa shape index (κ1) is 17.4. The third-order valence-electron chi connectivity index (χ3n) is 2.79. The summed E-state index contributed by atoms with van der Waals surface area (Å²) in [5, 5.41) is 8.47. The van der Waals surface area contributed by atoms with Crippen molar-refractivity contribution in [2.24, 2.45) is 10.2 Å². The lowest BCUT2D eigenvalue weighted by atomic mass is 10.2. The van der Waals surface area contributed by atoms with Crippen molar-refractivity contribution in [1.29, 1.82) is 0 Å². The maximum atomic E-state index is 10.5. The molecule has 0 saturated carbocycles. The van der Waals surface area contributed by atoms with Crippen LogP contribution in [-0.4, -0.2) is 42.0 Å². The number of likely N-dealkylation sites (N-methyl/N-ethyl adjacent to an activating group) is 1. The Hall–Kier alpha value is -1.95. The summed E-state index contributed by atoms with van der Waals surface area (Å²) in [6.45, 7) is 2.77. The van der Waals surface area contributed by atoms with Crippen molar-refractivity contribution in [3.8, 4) is 0 Å². The second-order valence-electron chi connectivity index (χ2n) is 4.27. The van der Waals surface area contributed by atoms with Crippen molar-refractivity contribution in [3.63, 3.8) is 0 Å². The smallest absolute Gasteiger partial charge is 0.369 e. The van der Waals surface area contributed by atoms with E-state index in [1.54, 1.807) is 12.1 Å². The predicted octanol–water partition coefficient (Wildman–Crippen LogP) is 2.60. The summed E-state index contributed by atoms with van der Waals surface area (Å²) in [7, 11) is -4.41. The van der Waals surface area contributed by atoms with Crippen molar-refractivity contribution < 1.29 is 17.2 Å². The van der Waals surface area contributed by atoms with Crippen LogP contribution in [0.25, 0.3) is 0 Å². The number of aromatic nitrogens is 2. The van der Waals surface area contributed by atoms with Gasteiger partial charge in [-0.1, -0.05) is 0 Å². The van der Waals surface area contributed by atoms with Crippen molar-refractivity contribution in [1.82, 2.24) is 9.36 Å². The molecular weight excluding hydrogens is 342 g/mol. The van der Waals surface area contributed by atoms with Crippen LogP contribution in [0.3, 0.4) is 0 Å². The number of hydrogen-bond donors (Lipinski definition) is 1. The minimum atomic E-state index is -4.41. The number of benzene rings is 1. The average molecular weight is 357 g/mol. The molecule has 0 spiro atoms. The van der Waals surface area contributed by atoms with E-state index >= 15 is 0 Å². The summed E-state index contributed by atoms with van der Waals surface area (Å²) in [6.07, 6.45) is 1.41. The molecule has 0 atom stereocenters. The number of azo groups is 1. The highest BCUT2D eigenvalue weighted by molar-refractivity contribution is 7.80. The molecule has 0 bridgehead atoms. The van der Waals surface area contributed by atoms with E-state index in [0.717, 1.165) is 17.2 Å². The van der Waals surface area contributed by atoms with Gasteiger partial charge in [-0.25, -0.2) is 9.17 Å². The summed E-state index contributed by atoms with van der Waals surface area (Å²) in [5.74, 6) is 0. The zero-order chi connectivity index (χ0) is 16.7. The lowest BCUT2D eigenvalue weighted by Gasteiger charge is -2.22. The topological polar surface area (TPSA) is 117 Å². The number of rotatable bonds is 8. The molecule has 0 fully saturated rings. The van der Waals surface area contributed by atoms with Gasteiger partial charge in [0.2, 0.25) is 5.13 Å². The molecular formula is C12H15N5O4S2. The van der Waals surface area contributed by atoms with Gasteiger partial charge in [0.05, 0.1) is 12.3 Å². The van der Waals surface area contributed by atoms with Crippen LogP contribution in [0.4, 0.5) is 16.5 Å². The van der Waals surface area contributed by atoms with Crippen molar-refractivity contribution >= 4 is 38.4 Å². The quantitative estimate of drug-likeness (QED) is 0.570. The van der Waals surface area contributed by atoms with Gasteiger partial charge in [-0.15, -0.1) is 10.2 Å². The van der Waals surface area contributed by atoms with Gasteiger partial charge in [-0.05, 0) is 31.2 Å². The molecule has 2 aromatic rings. The van der Waals surface area contributed by atoms with Gasteiger partial charge in [0, 0.05) is 30.3 Å². The van der Waals surface area contributed by atoms with Gasteiger partial charge >= 0.3 is 10.4 Å². The van der Waals surface area contributed by atoms with E-state index in [9.17, 15) is 8.42 Å². The molecule has 124 valence electrons. The molecule has 0 saturated heterocycles. The van der Waals surface area contributed by atoms with E-state index in [4.69, 9.17) is 4.55 Å². The molecule has 0 aliphatic carbocycles. The maximum Gasteiger partial charge on any atom is 0.397 e. The molecule has 1 heterocycles. The molecule has 23 heavy (non-hydrogen) atoms. The molecule has 0 radical (unpaired) electrons. The molecule has 9 nitrogen and oxygen atoms in total. The van der Waals surface area contributed by atoms with Crippen LogP contribution in [0.5, 0.6) is 0 Å². The van der Waals surface area contributed by atoms with Crippen LogP contribution in [-0.2, 0) is 14.6 Å². The van der Waals surface area contributed by atoms with Crippen LogP contribution < -0.4 is 4.90 Å². The Labute approximate surface area is 137 Å². The highest BCUT2D eigenvalue weighted by Gasteiger charge is 2.08. The Kier molecular flexibility index (Phi) is 6.10. The van der Waals surface area contributed by atoms with Crippen molar-refractivity contribution in [2.75, 3.05) is 24.6 Å². The van der Waals surface area contributed by atoms with E-state index in [1.807, 2.05) is 24.0 Å². The van der Waals surface area contributed by atoms with Crippen LogP contribution in [0.1, 0.15) is 6.92 Å². The Morgan fingerprint density at radius 2 is 2.04 bits per heavy atom. The van der Waals surface area contributed by atoms with E-state index < -0.39 is 10.4 Å². The highest BCUT2D eigenvalue weighted by Crippen LogP contribution is 2.22. The van der Waals surface area contributed by atoms with E-state index in [1.165, 1.54) is 6.33 Å². The monoisotopic (exact) mass is 357 g/mol. The third-order valence-corrected chi connectivity index (χ3v) is 3.81. The fourth-order valence-electron chi connectivity index (χ4n) is 1.76. The second kappa shape index (κ2) is 8.06. The fraction of sp³-hybridized carbons (Fsp3) is 0.333. The normalized spacial score (nSPS) is 11.9. The maximum absolute atomic E-state index is 10.5. The second-order valence-corrected chi connectivity index (χ2v) is 6.12. The van der Waals surface area contributed by atoms with Gasteiger partial charge in [0.1, 0.15) is 6.33 Å². The van der Waals surface area contributed by atoms with Crippen LogP contribution >= 0.6 is 11.5 Å². The highest BCUT2D eigenvalue weighted by atomic mass is 32.3. The van der Waals surface area contributed by atoms with Crippen molar-refractivity contribution in [3.05, 3.63) is 30.6 Å². The standard InChI is InChI=1S/C12H15N5O4S2/c1-2-17(7-8-21-23(18,19)20)11-5-3-10(4-6-11)15-16-12-13-9-14-22-12/h3-6,9H,2,7-8H2,1H3,(H,18,19,20)/b16-15+. The van der Waals surface area contributed by atoms with Gasteiger partial charge in [-0.3, -0.25) is 4.55 Å². The van der Waals surface area contributed by atoms with Gasteiger partial charge in [0.15, 0.2) is 0 Å². The largest absolute Gasteiger partial charge is 0.397 e. The summed E-state index contributed by atoms with van der Waals surface area (Å²) < 4.78 is 37.8. The molecule has 0 amide bonds. The molecule has 1 aromatic carbocycles. The molecule has 11 heteroatoms. The lowest BCUT2D eigenvalue weighted by Crippen LogP contribution is -2.27. The van der Waals surface area contributed by atoms with E-state index in [0.29, 0.717) is 23.9 Å². The summed E-state index contributed by atoms with van der Waals surface area (Å²) in [6, 6.07) is 7.25. The van der Waals surface area contributed by atoms with Crippen molar-refractivity contribution in [2.45, 2.75) is 6.92 Å². The number of anilines is 1. The van der Waals surface area contributed by atoms with Crippen LogP contribution in [0, 0.1) is 0 Å². The molecule has 0 aliphatic heterocycles. The Morgan fingerprint density at radius 1 is 1.30 bits per heavy atom. The SMILES string of the molecule is CCN(CCOS(=O)(=O)O)c1ccc(/N=N/c2ncns2)cc1. The number of hydrogen-bond acceptors (Lipinski definition) is 9. The van der Waals surface area contributed by atoms with Crippen LogP contribution in [0.2, 0.25) is 0 Å². The Morgan fingerprint density at radius 3 is 2.61 bits per heavy atom. The average Bonchev–Trinajstić information content (AvgIpc) is 3.03. The summed E-state index contributed by atoms with van der Waals surface area (Å²) >= 11 is 1.15. The predicted molar refractivity (Wildman–Crippen MR) is 85.9 cm³/mol. The Balaban J connectivity index is 1.96. The first-order valence-corrected chi connectivity index (χ1v) is 8.77. The summed E-state index contributed by atoms with van der Waals surface area (Å²) in [5.41, 5.74) is 1.54. The first-order valence-electron chi connectivity index (χ1n) is 6.63. The third kappa shape index (κ3) is 5.98. The summed E-state index contributed by atoms with van der Waals surface area (Å²) in [4.78, 5) is 5.80. The molecule has 2 rings (SSSR count). The fourth-order valence-corrected chi connectivity index (χ4v) is 2.41. The zero-order valence-corrected chi connectivity index (χ0v) is 13.9. The first-order chi connectivity index (χ1) is 11.0. The minimum Gasteiger partial charge on any atom is -0.369 e. The molecule has 0 unspecified atom stereocenters. The minimum absolute atomic E-state index is 0.134. The number of nitrogens with zero attached hydrogens (tertiary/aromatic N) is 5. The zero-order valence-electron chi connectivity index (χ0n) is 12.2. The van der Waals surface area contributed by atoms with Gasteiger partial charge < -0.3 is 4.90 Å².